The van der Waals surface area contributed by atoms with Gasteiger partial charge in [-0.05, 0) is 30.2 Å². The molecule has 1 atom stereocenters. The number of benzene rings is 2. The molecule has 1 aliphatic heterocycles. The van der Waals surface area contributed by atoms with Crippen molar-refractivity contribution in [2.45, 2.75) is 19.0 Å². The molecule has 1 aromatic heterocycles. The number of likely N-dealkylation sites (tertiary alicyclic amines) is 1. The van der Waals surface area contributed by atoms with E-state index in [1.54, 1.807) is 28.8 Å². The van der Waals surface area contributed by atoms with Gasteiger partial charge < -0.3 is 9.80 Å². The lowest BCUT2D eigenvalue weighted by molar-refractivity contribution is -0.131. The maximum absolute atomic E-state index is 12.9. The predicted octanol–water partition coefficient (Wildman–Crippen LogP) is 1.84. The lowest BCUT2D eigenvalue weighted by Crippen LogP contribution is -2.42. The minimum atomic E-state index is -0.432. The summed E-state index contributed by atoms with van der Waals surface area (Å²) >= 11 is 0. The SMILES string of the molecule is CN(C(=O)c1ccc2c(c1)nnn2C)C1CCN(Cc2ccccc2)C1=O. The lowest BCUT2D eigenvalue weighted by Gasteiger charge is -2.24. The molecule has 1 saturated heterocycles. The van der Waals surface area contributed by atoms with Gasteiger partial charge in [-0.25, -0.2) is 4.68 Å². The van der Waals surface area contributed by atoms with Crippen molar-refractivity contribution >= 4 is 22.8 Å². The molecule has 138 valence electrons. The minimum absolute atomic E-state index is 0.00437. The number of amides is 2. The average molecular weight is 363 g/mol. The molecule has 0 spiro atoms. The van der Waals surface area contributed by atoms with Gasteiger partial charge in [-0.2, -0.15) is 0 Å². The maximum atomic E-state index is 12.9. The molecule has 1 fully saturated rings. The van der Waals surface area contributed by atoms with Crippen molar-refractivity contribution in [1.82, 2.24) is 24.8 Å². The molecule has 1 unspecified atom stereocenters. The highest BCUT2D eigenvalue weighted by Crippen LogP contribution is 2.21. The van der Waals surface area contributed by atoms with Crippen molar-refractivity contribution < 1.29 is 9.59 Å². The van der Waals surface area contributed by atoms with Crippen LogP contribution in [0.15, 0.2) is 48.5 Å². The standard InChI is InChI=1S/C20H21N5O2/c1-23(19(26)15-8-9-17-16(12-15)21-22-24(17)2)18-10-11-25(20(18)27)13-14-6-4-3-5-7-14/h3-9,12,18H,10-11,13H2,1-2H3. The second-order valence-electron chi connectivity index (χ2n) is 6.88. The van der Waals surface area contributed by atoms with Crippen LogP contribution >= 0.6 is 0 Å². The Kier molecular flexibility index (Phi) is 4.35. The second-order valence-corrected chi connectivity index (χ2v) is 6.88. The molecule has 27 heavy (non-hydrogen) atoms. The zero-order valence-electron chi connectivity index (χ0n) is 15.4. The van der Waals surface area contributed by atoms with E-state index < -0.39 is 6.04 Å². The van der Waals surface area contributed by atoms with Crippen molar-refractivity contribution in [3.8, 4) is 0 Å². The Hall–Kier alpha value is -3.22. The monoisotopic (exact) mass is 363 g/mol. The quantitative estimate of drug-likeness (QED) is 0.709. The van der Waals surface area contributed by atoms with E-state index in [4.69, 9.17) is 0 Å². The third-order valence-electron chi connectivity index (χ3n) is 5.13. The van der Waals surface area contributed by atoms with Gasteiger partial charge in [0.1, 0.15) is 11.6 Å². The first-order valence-electron chi connectivity index (χ1n) is 8.94. The predicted molar refractivity (Wildman–Crippen MR) is 101 cm³/mol. The van der Waals surface area contributed by atoms with E-state index in [9.17, 15) is 9.59 Å². The molecule has 0 saturated carbocycles. The molecule has 7 heteroatoms. The number of hydrogen-bond acceptors (Lipinski definition) is 4. The van der Waals surface area contributed by atoms with Crippen LogP contribution in [0, 0.1) is 0 Å². The van der Waals surface area contributed by atoms with Crippen LogP contribution in [-0.2, 0) is 18.4 Å². The van der Waals surface area contributed by atoms with Gasteiger partial charge in [-0.15, -0.1) is 5.10 Å². The van der Waals surface area contributed by atoms with Gasteiger partial charge in [-0.3, -0.25) is 9.59 Å². The number of fused-ring (bicyclic) bond motifs is 1. The summed E-state index contributed by atoms with van der Waals surface area (Å²) < 4.78 is 1.66. The molecule has 0 N–H and O–H groups in total. The highest BCUT2D eigenvalue weighted by molar-refractivity contribution is 6.00. The minimum Gasteiger partial charge on any atom is -0.336 e. The Balaban J connectivity index is 1.49. The summed E-state index contributed by atoms with van der Waals surface area (Å²) in [4.78, 5) is 29.1. The Labute approximate surface area is 157 Å². The first-order valence-corrected chi connectivity index (χ1v) is 8.94. The van der Waals surface area contributed by atoms with Gasteiger partial charge in [0.2, 0.25) is 5.91 Å². The molecule has 0 radical (unpaired) electrons. The van der Waals surface area contributed by atoms with Crippen molar-refractivity contribution in [1.29, 1.82) is 0 Å². The van der Waals surface area contributed by atoms with Crippen LogP contribution in [0.5, 0.6) is 0 Å². The van der Waals surface area contributed by atoms with E-state index in [1.165, 1.54) is 0 Å². The summed E-state index contributed by atoms with van der Waals surface area (Å²) in [6.45, 7) is 1.23. The molecule has 1 aliphatic rings. The second kappa shape index (κ2) is 6.83. The molecular weight excluding hydrogens is 342 g/mol. The van der Waals surface area contributed by atoms with Gasteiger partial charge in [-0.1, -0.05) is 35.5 Å². The number of rotatable bonds is 4. The molecule has 3 aromatic rings. The molecule has 4 rings (SSSR count). The average Bonchev–Trinajstić information content (AvgIpc) is 3.24. The van der Waals surface area contributed by atoms with Gasteiger partial charge >= 0.3 is 0 Å². The molecular formula is C20H21N5O2. The number of aryl methyl sites for hydroxylation is 1. The highest BCUT2D eigenvalue weighted by Gasteiger charge is 2.36. The summed E-state index contributed by atoms with van der Waals surface area (Å²) in [5.41, 5.74) is 3.13. The third kappa shape index (κ3) is 3.16. The topological polar surface area (TPSA) is 71.3 Å². The zero-order valence-corrected chi connectivity index (χ0v) is 15.4. The van der Waals surface area contributed by atoms with Crippen LogP contribution < -0.4 is 0 Å². The fraction of sp³-hybridized carbons (Fsp3) is 0.300. The number of aromatic nitrogens is 3. The lowest BCUT2D eigenvalue weighted by atomic mass is 10.1. The van der Waals surface area contributed by atoms with Crippen molar-refractivity contribution in [2.75, 3.05) is 13.6 Å². The van der Waals surface area contributed by atoms with Gasteiger partial charge in [0.15, 0.2) is 0 Å². The van der Waals surface area contributed by atoms with Gasteiger partial charge in [0.25, 0.3) is 5.91 Å². The van der Waals surface area contributed by atoms with E-state index >= 15 is 0 Å². The first kappa shape index (κ1) is 17.2. The van der Waals surface area contributed by atoms with Crippen LogP contribution in [0.3, 0.4) is 0 Å². The largest absolute Gasteiger partial charge is 0.336 e. The van der Waals surface area contributed by atoms with Crippen LogP contribution in [-0.4, -0.2) is 56.2 Å². The number of carbonyl (C=O) groups excluding carboxylic acids is 2. The molecule has 0 bridgehead atoms. The maximum Gasteiger partial charge on any atom is 0.254 e. The van der Waals surface area contributed by atoms with Crippen LogP contribution in [0.1, 0.15) is 22.3 Å². The molecule has 0 aliphatic carbocycles. The summed E-state index contributed by atoms with van der Waals surface area (Å²) in [5, 5.41) is 8.02. The van der Waals surface area contributed by atoms with Crippen LogP contribution in [0.2, 0.25) is 0 Å². The van der Waals surface area contributed by atoms with E-state index in [1.807, 2.05) is 48.3 Å². The number of hydrogen-bond donors (Lipinski definition) is 0. The Morgan fingerprint density at radius 2 is 2.00 bits per heavy atom. The fourth-order valence-corrected chi connectivity index (χ4v) is 3.56. The van der Waals surface area contributed by atoms with E-state index in [-0.39, 0.29) is 11.8 Å². The number of nitrogens with zero attached hydrogens (tertiary/aromatic N) is 5. The van der Waals surface area contributed by atoms with Crippen molar-refractivity contribution in [3.63, 3.8) is 0 Å². The third-order valence-corrected chi connectivity index (χ3v) is 5.13. The van der Waals surface area contributed by atoms with E-state index in [0.717, 1.165) is 11.1 Å². The summed E-state index contributed by atoms with van der Waals surface area (Å²) in [6, 6.07) is 14.8. The van der Waals surface area contributed by atoms with Crippen LogP contribution in [0.25, 0.3) is 11.0 Å². The van der Waals surface area contributed by atoms with E-state index in [2.05, 4.69) is 10.3 Å². The summed E-state index contributed by atoms with van der Waals surface area (Å²) in [6.07, 6.45) is 0.640. The van der Waals surface area contributed by atoms with E-state index in [0.29, 0.717) is 30.6 Å². The Morgan fingerprint density at radius 1 is 1.22 bits per heavy atom. The summed E-state index contributed by atoms with van der Waals surface area (Å²) in [5.74, 6) is -0.183. The number of carbonyl (C=O) groups is 2. The Morgan fingerprint density at radius 3 is 2.78 bits per heavy atom. The highest BCUT2D eigenvalue weighted by atomic mass is 16.2. The number of likely N-dealkylation sites (N-methyl/N-ethyl adjacent to an activating group) is 1. The van der Waals surface area contributed by atoms with Gasteiger partial charge in [0.05, 0.1) is 5.52 Å². The van der Waals surface area contributed by atoms with Crippen molar-refractivity contribution in [2.24, 2.45) is 7.05 Å². The molecule has 2 aromatic carbocycles. The summed E-state index contributed by atoms with van der Waals surface area (Å²) in [7, 11) is 3.50. The molecule has 2 heterocycles. The van der Waals surface area contributed by atoms with Gasteiger partial charge in [0, 0.05) is 32.7 Å². The zero-order chi connectivity index (χ0) is 19.0. The first-order chi connectivity index (χ1) is 13.0. The molecule has 7 nitrogen and oxygen atoms in total. The fourth-order valence-electron chi connectivity index (χ4n) is 3.56. The molecule has 2 amide bonds. The smallest absolute Gasteiger partial charge is 0.254 e. The normalized spacial score (nSPS) is 16.9. The van der Waals surface area contributed by atoms with Crippen molar-refractivity contribution in [3.05, 3.63) is 59.7 Å². The van der Waals surface area contributed by atoms with Crippen LogP contribution in [0.4, 0.5) is 0 Å². The Bertz CT molecular complexity index is 998.